The second-order valence-corrected chi connectivity index (χ2v) is 5.50. The summed E-state index contributed by atoms with van der Waals surface area (Å²) in [5.41, 5.74) is 0.307. The van der Waals surface area contributed by atoms with Crippen molar-refractivity contribution in [1.82, 2.24) is 9.88 Å². The normalized spacial score (nSPS) is 10.7. The standard InChI is InChI=1S/C18H24N2O4/c1-5-7-8-19-17(21)14-11-20(6-2)18(22)13-10-16(24-4)15(23-3)9-12(13)14/h9-11H,5-8H2,1-4H3,(H,19,21). The second kappa shape index (κ2) is 7.86. The van der Waals surface area contributed by atoms with Crippen LogP contribution in [-0.2, 0) is 6.54 Å². The maximum absolute atomic E-state index is 12.6. The van der Waals surface area contributed by atoms with Crippen molar-refractivity contribution in [2.24, 2.45) is 0 Å². The number of ether oxygens (including phenoxy) is 2. The van der Waals surface area contributed by atoms with E-state index in [1.165, 1.54) is 18.8 Å². The van der Waals surface area contributed by atoms with Crippen LogP contribution in [0.3, 0.4) is 0 Å². The van der Waals surface area contributed by atoms with Crippen LogP contribution in [0, 0.1) is 0 Å². The molecule has 0 bridgehead atoms. The maximum Gasteiger partial charge on any atom is 0.258 e. The summed E-state index contributed by atoms with van der Waals surface area (Å²) >= 11 is 0. The van der Waals surface area contributed by atoms with Crippen molar-refractivity contribution in [2.75, 3.05) is 20.8 Å². The first-order valence-electron chi connectivity index (χ1n) is 8.14. The molecule has 6 nitrogen and oxygen atoms in total. The van der Waals surface area contributed by atoms with Crippen LogP contribution in [0.1, 0.15) is 37.0 Å². The van der Waals surface area contributed by atoms with E-state index in [2.05, 4.69) is 12.2 Å². The Bertz CT molecular complexity index is 796. The number of aromatic nitrogens is 1. The van der Waals surface area contributed by atoms with E-state index in [0.29, 0.717) is 40.9 Å². The number of pyridine rings is 1. The molecule has 0 saturated heterocycles. The van der Waals surface area contributed by atoms with Crippen LogP contribution in [0.2, 0.25) is 0 Å². The minimum atomic E-state index is -0.192. The quantitative estimate of drug-likeness (QED) is 0.791. The first-order valence-corrected chi connectivity index (χ1v) is 8.14. The summed E-state index contributed by atoms with van der Waals surface area (Å²) in [6, 6.07) is 3.32. The highest BCUT2D eigenvalue weighted by Crippen LogP contribution is 2.32. The van der Waals surface area contributed by atoms with Crippen LogP contribution in [0.4, 0.5) is 0 Å². The SMILES string of the molecule is CCCCNC(=O)c1cn(CC)c(=O)c2cc(OC)c(OC)cc12. The lowest BCUT2D eigenvalue weighted by molar-refractivity contribution is 0.0954. The van der Waals surface area contributed by atoms with Crippen LogP contribution in [0.15, 0.2) is 23.1 Å². The zero-order valence-corrected chi connectivity index (χ0v) is 14.6. The fourth-order valence-corrected chi connectivity index (χ4v) is 2.61. The Morgan fingerprint density at radius 1 is 1.12 bits per heavy atom. The van der Waals surface area contributed by atoms with E-state index < -0.39 is 0 Å². The summed E-state index contributed by atoms with van der Waals surface area (Å²) in [6.45, 7) is 5.02. The zero-order valence-electron chi connectivity index (χ0n) is 14.6. The Balaban J connectivity index is 2.66. The number of hydrogen-bond donors (Lipinski definition) is 1. The molecule has 0 atom stereocenters. The summed E-state index contributed by atoms with van der Waals surface area (Å²) in [6.07, 6.45) is 3.52. The Hall–Kier alpha value is -2.50. The highest BCUT2D eigenvalue weighted by Gasteiger charge is 2.17. The topological polar surface area (TPSA) is 69.6 Å². The average Bonchev–Trinajstić information content (AvgIpc) is 2.61. The molecule has 1 N–H and O–H groups in total. The third-order valence-electron chi connectivity index (χ3n) is 3.99. The smallest absolute Gasteiger partial charge is 0.258 e. The number of hydrogen-bond acceptors (Lipinski definition) is 4. The van der Waals surface area contributed by atoms with E-state index in [9.17, 15) is 9.59 Å². The predicted molar refractivity (Wildman–Crippen MR) is 94.2 cm³/mol. The van der Waals surface area contributed by atoms with Gasteiger partial charge in [-0.15, -0.1) is 0 Å². The lowest BCUT2D eigenvalue weighted by Crippen LogP contribution is -2.28. The molecule has 2 rings (SSSR count). The van der Waals surface area contributed by atoms with Crippen LogP contribution in [-0.4, -0.2) is 31.2 Å². The third kappa shape index (κ3) is 3.37. The molecule has 1 heterocycles. The van der Waals surface area contributed by atoms with Crippen LogP contribution >= 0.6 is 0 Å². The molecule has 1 amide bonds. The zero-order chi connectivity index (χ0) is 17.7. The van der Waals surface area contributed by atoms with Crippen molar-refractivity contribution in [1.29, 1.82) is 0 Å². The van der Waals surface area contributed by atoms with Crippen molar-refractivity contribution < 1.29 is 14.3 Å². The molecule has 24 heavy (non-hydrogen) atoms. The van der Waals surface area contributed by atoms with Crippen molar-refractivity contribution in [3.8, 4) is 11.5 Å². The van der Waals surface area contributed by atoms with Gasteiger partial charge in [0.25, 0.3) is 11.5 Å². The Labute approximate surface area is 141 Å². The number of carbonyl (C=O) groups excluding carboxylic acids is 1. The minimum Gasteiger partial charge on any atom is -0.493 e. The van der Waals surface area contributed by atoms with Crippen molar-refractivity contribution >= 4 is 16.7 Å². The molecular formula is C18H24N2O4. The number of carbonyl (C=O) groups is 1. The fourth-order valence-electron chi connectivity index (χ4n) is 2.61. The summed E-state index contributed by atoms with van der Waals surface area (Å²) in [5.74, 6) is 0.762. The second-order valence-electron chi connectivity index (χ2n) is 5.50. The first kappa shape index (κ1) is 17.8. The van der Waals surface area contributed by atoms with Gasteiger partial charge in [0.05, 0.1) is 25.2 Å². The molecule has 0 aliphatic carbocycles. The summed E-state index contributed by atoms with van der Waals surface area (Å²) in [4.78, 5) is 25.2. The van der Waals surface area contributed by atoms with Gasteiger partial charge in [0.2, 0.25) is 0 Å². The van der Waals surface area contributed by atoms with Crippen molar-refractivity contribution in [3.05, 3.63) is 34.2 Å². The van der Waals surface area contributed by atoms with E-state index in [4.69, 9.17) is 9.47 Å². The van der Waals surface area contributed by atoms with Crippen molar-refractivity contribution in [3.63, 3.8) is 0 Å². The molecule has 6 heteroatoms. The summed E-state index contributed by atoms with van der Waals surface area (Å²) in [5, 5.41) is 3.91. The van der Waals surface area contributed by atoms with Crippen LogP contribution in [0.25, 0.3) is 10.8 Å². The largest absolute Gasteiger partial charge is 0.493 e. The van der Waals surface area contributed by atoms with Gasteiger partial charge in [-0.1, -0.05) is 13.3 Å². The number of nitrogens with zero attached hydrogens (tertiary/aromatic N) is 1. The number of fused-ring (bicyclic) bond motifs is 1. The average molecular weight is 332 g/mol. The van der Waals surface area contributed by atoms with Gasteiger partial charge >= 0.3 is 0 Å². The fraction of sp³-hybridized carbons (Fsp3) is 0.444. The van der Waals surface area contributed by atoms with Crippen LogP contribution in [0.5, 0.6) is 11.5 Å². The molecule has 0 spiro atoms. The number of aryl methyl sites for hydroxylation is 1. The molecule has 0 aliphatic heterocycles. The Morgan fingerprint density at radius 2 is 1.75 bits per heavy atom. The summed E-state index contributed by atoms with van der Waals surface area (Å²) < 4.78 is 12.1. The molecule has 1 aromatic heterocycles. The monoisotopic (exact) mass is 332 g/mol. The number of benzene rings is 1. The number of methoxy groups -OCH3 is 2. The summed E-state index contributed by atoms with van der Waals surface area (Å²) in [7, 11) is 3.04. The molecule has 1 aromatic carbocycles. The van der Waals surface area contributed by atoms with Crippen molar-refractivity contribution in [2.45, 2.75) is 33.2 Å². The highest BCUT2D eigenvalue weighted by molar-refractivity contribution is 6.07. The van der Waals surface area contributed by atoms with Gasteiger partial charge in [0, 0.05) is 24.7 Å². The number of nitrogens with one attached hydrogen (secondary N) is 1. The van der Waals surface area contributed by atoms with Gasteiger partial charge in [0.15, 0.2) is 11.5 Å². The molecule has 0 aliphatic rings. The van der Waals surface area contributed by atoms with E-state index in [0.717, 1.165) is 12.8 Å². The van der Waals surface area contributed by atoms with E-state index in [1.54, 1.807) is 18.3 Å². The van der Waals surface area contributed by atoms with E-state index >= 15 is 0 Å². The molecule has 0 unspecified atom stereocenters. The maximum atomic E-state index is 12.6. The molecule has 0 saturated carbocycles. The van der Waals surface area contributed by atoms with E-state index in [1.807, 2.05) is 6.92 Å². The first-order chi connectivity index (χ1) is 11.6. The van der Waals surface area contributed by atoms with Gasteiger partial charge in [-0.05, 0) is 25.5 Å². The van der Waals surface area contributed by atoms with Gasteiger partial charge in [-0.25, -0.2) is 0 Å². The van der Waals surface area contributed by atoms with Gasteiger partial charge in [-0.3, -0.25) is 9.59 Å². The third-order valence-corrected chi connectivity index (χ3v) is 3.99. The minimum absolute atomic E-state index is 0.154. The van der Waals surface area contributed by atoms with Gasteiger partial charge in [-0.2, -0.15) is 0 Å². The molecule has 0 fully saturated rings. The molecular weight excluding hydrogens is 308 g/mol. The molecule has 2 aromatic rings. The van der Waals surface area contributed by atoms with Gasteiger partial charge in [0.1, 0.15) is 0 Å². The number of unbranched alkanes of at least 4 members (excludes halogenated alkanes) is 1. The Morgan fingerprint density at radius 3 is 2.29 bits per heavy atom. The lowest BCUT2D eigenvalue weighted by atomic mass is 10.1. The van der Waals surface area contributed by atoms with Gasteiger partial charge < -0.3 is 19.4 Å². The van der Waals surface area contributed by atoms with E-state index in [-0.39, 0.29) is 11.5 Å². The highest BCUT2D eigenvalue weighted by atomic mass is 16.5. The number of amides is 1. The van der Waals surface area contributed by atoms with Crippen LogP contribution < -0.4 is 20.3 Å². The Kier molecular flexibility index (Phi) is 5.84. The lowest BCUT2D eigenvalue weighted by Gasteiger charge is -2.14. The molecule has 130 valence electrons. The predicted octanol–water partition coefficient (Wildman–Crippen LogP) is 2.57. The number of rotatable bonds is 7. The molecule has 0 radical (unpaired) electrons.